The standard InChI is InChI=1S/C17H36N2O/c1-5-18-14-17(10-8-16(4)9-11-17)15-19(6-2)12-13-20-7-3/h16,18H,5-15H2,1-4H3. The Kier molecular flexibility index (Phi) is 8.74. The Morgan fingerprint density at radius 2 is 1.90 bits per heavy atom. The number of nitrogens with zero attached hydrogens (tertiary/aromatic N) is 1. The molecule has 0 atom stereocenters. The molecular formula is C17H36N2O. The highest BCUT2D eigenvalue weighted by molar-refractivity contribution is 4.89. The maximum Gasteiger partial charge on any atom is 0.0593 e. The van der Waals surface area contributed by atoms with E-state index < -0.39 is 0 Å². The molecule has 0 bridgehead atoms. The van der Waals surface area contributed by atoms with Crippen LogP contribution in [0.25, 0.3) is 0 Å². The normalized spacial score (nSPS) is 27.1. The molecule has 0 aliphatic heterocycles. The van der Waals surface area contributed by atoms with Crippen molar-refractivity contribution in [3.63, 3.8) is 0 Å². The van der Waals surface area contributed by atoms with E-state index in [-0.39, 0.29) is 0 Å². The second-order valence-electron chi connectivity index (χ2n) is 6.53. The van der Waals surface area contributed by atoms with E-state index in [9.17, 15) is 0 Å². The molecule has 20 heavy (non-hydrogen) atoms. The maximum atomic E-state index is 5.53. The molecule has 1 rings (SSSR count). The van der Waals surface area contributed by atoms with Gasteiger partial charge in [-0.1, -0.05) is 33.6 Å². The minimum absolute atomic E-state index is 0.491. The smallest absolute Gasteiger partial charge is 0.0593 e. The Morgan fingerprint density at radius 3 is 2.45 bits per heavy atom. The quantitative estimate of drug-likeness (QED) is 0.624. The second-order valence-corrected chi connectivity index (χ2v) is 6.53. The van der Waals surface area contributed by atoms with Crippen molar-refractivity contribution in [2.45, 2.75) is 53.4 Å². The molecule has 1 aliphatic carbocycles. The van der Waals surface area contributed by atoms with Crippen LogP contribution < -0.4 is 5.32 Å². The van der Waals surface area contributed by atoms with Gasteiger partial charge in [-0.05, 0) is 44.2 Å². The molecule has 120 valence electrons. The molecule has 0 saturated heterocycles. The lowest BCUT2D eigenvalue weighted by atomic mass is 9.70. The average molecular weight is 284 g/mol. The lowest BCUT2D eigenvalue weighted by Gasteiger charge is -2.43. The van der Waals surface area contributed by atoms with Gasteiger partial charge in [-0.2, -0.15) is 0 Å². The van der Waals surface area contributed by atoms with Gasteiger partial charge in [0.15, 0.2) is 0 Å². The molecular weight excluding hydrogens is 248 g/mol. The van der Waals surface area contributed by atoms with Crippen molar-refractivity contribution in [1.29, 1.82) is 0 Å². The minimum atomic E-state index is 0.491. The molecule has 0 spiro atoms. The summed E-state index contributed by atoms with van der Waals surface area (Å²) in [5, 5.41) is 3.61. The van der Waals surface area contributed by atoms with Gasteiger partial charge in [0.2, 0.25) is 0 Å². The minimum Gasteiger partial charge on any atom is -0.380 e. The predicted molar refractivity (Wildman–Crippen MR) is 87.2 cm³/mol. The first-order valence-corrected chi connectivity index (χ1v) is 8.66. The van der Waals surface area contributed by atoms with Gasteiger partial charge in [0, 0.05) is 26.2 Å². The summed E-state index contributed by atoms with van der Waals surface area (Å²) in [6, 6.07) is 0. The number of hydrogen-bond donors (Lipinski definition) is 1. The van der Waals surface area contributed by atoms with Gasteiger partial charge < -0.3 is 15.0 Å². The summed E-state index contributed by atoms with van der Waals surface area (Å²) in [6.45, 7) is 16.4. The largest absolute Gasteiger partial charge is 0.380 e. The van der Waals surface area contributed by atoms with Crippen molar-refractivity contribution in [3.05, 3.63) is 0 Å². The van der Waals surface area contributed by atoms with Gasteiger partial charge in [-0.15, -0.1) is 0 Å². The Morgan fingerprint density at radius 1 is 1.20 bits per heavy atom. The predicted octanol–water partition coefficient (Wildman–Crippen LogP) is 3.15. The molecule has 1 saturated carbocycles. The molecule has 0 amide bonds. The Hall–Kier alpha value is -0.120. The van der Waals surface area contributed by atoms with Crippen LogP contribution >= 0.6 is 0 Å². The second kappa shape index (κ2) is 9.75. The van der Waals surface area contributed by atoms with E-state index in [1.807, 2.05) is 0 Å². The topological polar surface area (TPSA) is 24.5 Å². The third kappa shape index (κ3) is 6.11. The van der Waals surface area contributed by atoms with Crippen LogP contribution in [0.4, 0.5) is 0 Å². The van der Waals surface area contributed by atoms with Gasteiger partial charge in [-0.25, -0.2) is 0 Å². The molecule has 0 aromatic rings. The molecule has 3 nitrogen and oxygen atoms in total. The number of hydrogen-bond acceptors (Lipinski definition) is 3. The third-order valence-corrected chi connectivity index (χ3v) is 4.85. The van der Waals surface area contributed by atoms with Gasteiger partial charge in [0.25, 0.3) is 0 Å². The molecule has 1 aliphatic rings. The van der Waals surface area contributed by atoms with Gasteiger partial charge in [0.1, 0.15) is 0 Å². The van der Waals surface area contributed by atoms with E-state index in [4.69, 9.17) is 4.74 Å². The van der Waals surface area contributed by atoms with Crippen molar-refractivity contribution in [2.75, 3.05) is 45.9 Å². The van der Waals surface area contributed by atoms with E-state index >= 15 is 0 Å². The Labute approximate surface area is 126 Å². The molecule has 0 aromatic carbocycles. The van der Waals surface area contributed by atoms with Gasteiger partial charge >= 0.3 is 0 Å². The SMILES string of the molecule is CCNCC1(CN(CC)CCOCC)CCC(C)CC1. The highest BCUT2D eigenvalue weighted by Crippen LogP contribution is 2.39. The van der Waals surface area contributed by atoms with E-state index in [0.717, 1.165) is 38.8 Å². The lowest BCUT2D eigenvalue weighted by Crippen LogP contribution is -2.47. The molecule has 0 heterocycles. The van der Waals surface area contributed by atoms with Gasteiger partial charge in [-0.3, -0.25) is 0 Å². The molecule has 1 fully saturated rings. The van der Waals surface area contributed by atoms with Crippen molar-refractivity contribution in [1.82, 2.24) is 10.2 Å². The fourth-order valence-corrected chi connectivity index (χ4v) is 3.32. The Balaban J connectivity index is 2.53. The zero-order valence-electron chi connectivity index (χ0n) is 14.2. The number of nitrogens with one attached hydrogen (secondary N) is 1. The van der Waals surface area contributed by atoms with Crippen molar-refractivity contribution in [2.24, 2.45) is 11.3 Å². The van der Waals surface area contributed by atoms with E-state index in [0.29, 0.717) is 5.41 Å². The third-order valence-electron chi connectivity index (χ3n) is 4.85. The molecule has 0 aromatic heterocycles. The van der Waals surface area contributed by atoms with E-state index in [1.54, 1.807) is 0 Å². The summed E-state index contributed by atoms with van der Waals surface area (Å²) in [5.41, 5.74) is 0.491. The highest BCUT2D eigenvalue weighted by atomic mass is 16.5. The highest BCUT2D eigenvalue weighted by Gasteiger charge is 2.35. The molecule has 0 unspecified atom stereocenters. The van der Waals surface area contributed by atoms with Crippen LogP contribution in [0.2, 0.25) is 0 Å². The van der Waals surface area contributed by atoms with Gasteiger partial charge in [0.05, 0.1) is 6.61 Å². The van der Waals surface area contributed by atoms with E-state index in [2.05, 4.69) is 37.9 Å². The van der Waals surface area contributed by atoms with Crippen LogP contribution in [0, 0.1) is 11.3 Å². The summed E-state index contributed by atoms with van der Waals surface area (Å²) in [5.74, 6) is 0.920. The number of rotatable bonds is 10. The van der Waals surface area contributed by atoms with Crippen molar-refractivity contribution in [3.8, 4) is 0 Å². The number of likely N-dealkylation sites (N-methyl/N-ethyl adjacent to an activating group) is 1. The first-order valence-electron chi connectivity index (χ1n) is 8.66. The van der Waals surface area contributed by atoms with Crippen molar-refractivity contribution < 1.29 is 4.74 Å². The van der Waals surface area contributed by atoms with E-state index in [1.165, 1.54) is 38.8 Å². The average Bonchev–Trinajstić information content (AvgIpc) is 2.47. The molecule has 1 N–H and O–H groups in total. The zero-order valence-corrected chi connectivity index (χ0v) is 14.2. The first-order chi connectivity index (χ1) is 9.65. The number of ether oxygens (including phenoxy) is 1. The zero-order chi connectivity index (χ0) is 14.8. The fourth-order valence-electron chi connectivity index (χ4n) is 3.32. The molecule has 3 heteroatoms. The summed E-state index contributed by atoms with van der Waals surface area (Å²) in [4.78, 5) is 2.59. The first kappa shape index (κ1) is 17.9. The van der Waals surface area contributed by atoms with Crippen LogP contribution in [0.1, 0.15) is 53.4 Å². The Bertz CT molecular complexity index is 232. The monoisotopic (exact) mass is 284 g/mol. The summed E-state index contributed by atoms with van der Waals surface area (Å²) >= 11 is 0. The van der Waals surface area contributed by atoms with Crippen LogP contribution in [0.3, 0.4) is 0 Å². The maximum absolute atomic E-state index is 5.53. The van der Waals surface area contributed by atoms with Crippen molar-refractivity contribution >= 4 is 0 Å². The van der Waals surface area contributed by atoms with Crippen LogP contribution in [0.15, 0.2) is 0 Å². The summed E-state index contributed by atoms with van der Waals surface area (Å²) in [6.07, 6.45) is 5.56. The van der Waals surface area contributed by atoms with Crippen LogP contribution in [-0.4, -0.2) is 50.8 Å². The van der Waals surface area contributed by atoms with Crippen LogP contribution in [-0.2, 0) is 4.74 Å². The summed E-state index contributed by atoms with van der Waals surface area (Å²) in [7, 11) is 0. The molecule has 0 radical (unpaired) electrons. The fraction of sp³-hybridized carbons (Fsp3) is 1.00. The van der Waals surface area contributed by atoms with Crippen LogP contribution in [0.5, 0.6) is 0 Å². The summed E-state index contributed by atoms with van der Waals surface area (Å²) < 4.78 is 5.53. The lowest BCUT2D eigenvalue weighted by molar-refractivity contribution is 0.0626.